The minimum atomic E-state index is -0.500. The molecule has 0 spiro atoms. The number of pyridine rings is 1. The second-order valence-corrected chi connectivity index (χ2v) is 5.88. The third kappa shape index (κ3) is 3.28. The van der Waals surface area contributed by atoms with Crippen molar-refractivity contribution in [1.29, 1.82) is 0 Å². The van der Waals surface area contributed by atoms with Gasteiger partial charge in [0.2, 0.25) is 0 Å². The highest BCUT2D eigenvalue weighted by Gasteiger charge is 2.21. The van der Waals surface area contributed by atoms with E-state index in [0.29, 0.717) is 11.5 Å². The van der Waals surface area contributed by atoms with Crippen LogP contribution in [0.4, 0.5) is 11.5 Å². The Morgan fingerprint density at radius 3 is 2.68 bits per heavy atom. The molecule has 0 amide bonds. The molecule has 0 fully saturated rings. The Balaban J connectivity index is 2.13. The molecular weight excluding hydrogens is 316 g/mol. The molecule has 2 heterocycles. The predicted octanol–water partition coefficient (Wildman–Crippen LogP) is 4.85. The van der Waals surface area contributed by atoms with Crippen LogP contribution in [-0.2, 0) is 4.74 Å². The summed E-state index contributed by atoms with van der Waals surface area (Å²) in [6.07, 6.45) is 1.81. The summed E-state index contributed by atoms with van der Waals surface area (Å²) in [5.74, 6) is -0.127. The Bertz CT molecular complexity index is 973. The van der Waals surface area contributed by atoms with Gasteiger partial charge in [-0.25, -0.2) is 9.78 Å². The molecule has 1 aromatic carbocycles. The first-order valence-electron chi connectivity index (χ1n) is 8.15. The van der Waals surface area contributed by atoms with E-state index in [-0.39, 0.29) is 12.3 Å². The first kappa shape index (κ1) is 16.8. The maximum atomic E-state index is 12.3. The molecule has 0 unspecified atom stereocenters. The van der Waals surface area contributed by atoms with Crippen LogP contribution in [0, 0.1) is 20.8 Å². The third-order valence-electron chi connectivity index (χ3n) is 3.89. The Kier molecular flexibility index (Phi) is 4.61. The monoisotopic (exact) mass is 336 g/mol. The van der Waals surface area contributed by atoms with E-state index < -0.39 is 5.97 Å². The van der Waals surface area contributed by atoms with E-state index in [1.807, 2.05) is 57.3 Å². The highest BCUT2D eigenvalue weighted by Crippen LogP contribution is 2.27. The van der Waals surface area contributed by atoms with Crippen molar-refractivity contribution in [3.63, 3.8) is 0 Å². The summed E-state index contributed by atoms with van der Waals surface area (Å²) in [6.45, 7) is 7.98. The third-order valence-corrected chi connectivity index (χ3v) is 3.89. The number of ether oxygens (including phenoxy) is 1. The van der Waals surface area contributed by atoms with Crippen molar-refractivity contribution in [3.8, 4) is 0 Å². The standard InChI is InChI=1S/C19H20N4O2/c1-5-25-19(24)16-18(23-10-6-7-13(3)17(23)20-16)22-21-15-9-8-12(2)11-14(15)4/h6-11H,5H2,1-4H3. The lowest BCUT2D eigenvalue weighted by Crippen LogP contribution is -2.05. The summed E-state index contributed by atoms with van der Waals surface area (Å²) in [7, 11) is 0. The van der Waals surface area contributed by atoms with Crippen LogP contribution < -0.4 is 0 Å². The molecule has 0 atom stereocenters. The topological polar surface area (TPSA) is 68.3 Å². The largest absolute Gasteiger partial charge is 0.461 e. The molecule has 3 aromatic rings. The first-order chi connectivity index (χ1) is 12.0. The maximum Gasteiger partial charge on any atom is 0.360 e. The maximum absolute atomic E-state index is 12.3. The van der Waals surface area contributed by atoms with Gasteiger partial charge in [0.05, 0.1) is 12.3 Å². The summed E-state index contributed by atoms with van der Waals surface area (Å²) >= 11 is 0. The van der Waals surface area contributed by atoms with E-state index >= 15 is 0 Å². The number of esters is 1. The normalized spacial score (nSPS) is 11.4. The molecule has 6 nitrogen and oxygen atoms in total. The number of aromatic nitrogens is 2. The van der Waals surface area contributed by atoms with Gasteiger partial charge in [-0.2, -0.15) is 0 Å². The fraction of sp³-hybridized carbons (Fsp3) is 0.263. The minimum absolute atomic E-state index is 0.171. The van der Waals surface area contributed by atoms with E-state index in [4.69, 9.17) is 4.74 Å². The van der Waals surface area contributed by atoms with Gasteiger partial charge < -0.3 is 4.74 Å². The molecule has 2 aromatic heterocycles. The van der Waals surface area contributed by atoms with Crippen LogP contribution in [0.25, 0.3) is 5.65 Å². The molecule has 0 N–H and O–H groups in total. The summed E-state index contributed by atoms with van der Waals surface area (Å²) in [4.78, 5) is 16.7. The second-order valence-electron chi connectivity index (χ2n) is 5.88. The number of aryl methyl sites for hydroxylation is 3. The van der Waals surface area contributed by atoms with Gasteiger partial charge in [-0.15, -0.1) is 10.2 Å². The molecule has 0 bridgehead atoms. The van der Waals surface area contributed by atoms with Gasteiger partial charge in [-0.3, -0.25) is 4.40 Å². The van der Waals surface area contributed by atoms with Gasteiger partial charge in [-0.05, 0) is 51.0 Å². The van der Waals surface area contributed by atoms with Crippen LogP contribution in [-0.4, -0.2) is 22.0 Å². The molecule has 0 radical (unpaired) electrons. The van der Waals surface area contributed by atoms with Crippen molar-refractivity contribution in [3.05, 3.63) is 58.9 Å². The van der Waals surface area contributed by atoms with Crippen LogP contribution in [0.5, 0.6) is 0 Å². The van der Waals surface area contributed by atoms with Crippen molar-refractivity contribution < 1.29 is 9.53 Å². The van der Waals surface area contributed by atoms with Crippen molar-refractivity contribution >= 4 is 23.1 Å². The summed E-state index contributed by atoms with van der Waals surface area (Å²) in [5, 5.41) is 8.65. The lowest BCUT2D eigenvalue weighted by molar-refractivity contribution is 0.0521. The van der Waals surface area contributed by atoms with Crippen molar-refractivity contribution in [2.75, 3.05) is 6.61 Å². The molecular formula is C19H20N4O2. The van der Waals surface area contributed by atoms with E-state index in [1.54, 1.807) is 11.3 Å². The van der Waals surface area contributed by atoms with E-state index in [9.17, 15) is 4.79 Å². The van der Waals surface area contributed by atoms with Crippen molar-refractivity contribution in [2.45, 2.75) is 27.7 Å². The Hall–Kier alpha value is -3.02. The lowest BCUT2D eigenvalue weighted by atomic mass is 10.1. The molecule has 0 aliphatic carbocycles. The molecule has 0 saturated heterocycles. The fourth-order valence-corrected chi connectivity index (χ4v) is 2.64. The number of carbonyl (C=O) groups is 1. The number of hydrogen-bond donors (Lipinski definition) is 0. The zero-order valence-electron chi connectivity index (χ0n) is 14.8. The minimum Gasteiger partial charge on any atom is -0.461 e. The number of fused-ring (bicyclic) bond motifs is 1. The number of azo groups is 1. The summed E-state index contributed by atoms with van der Waals surface area (Å²) in [6, 6.07) is 9.75. The zero-order chi connectivity index (χ0) is 18.0. The lowest BCUT2D eigenvalue weighted by Gasteiger charge is -2.02. The SMILES string of the molecule is CCOC(=O)c1nc2c(C)cccn2c1N=Nc1ccc(C)cc1C. The predicted molar refractivity (Wildman–Crippen MR) is 96.0 cm³/mol. The molecule has 128 valence electrons. The Labute approximate surface area is 146 Å². The second kappa shape index (κ2) is 6.84. The molecule has 25 heavy (non-hydrogen) atoms. The van der Waals surface area contributed by atoms with Gasteiger partial charge in [0.25, 0.3) is 0 Å². The number of rotatable bonds is 4. The number of imidazole rings is 1. The Morgan fingerprint density at radius 1 is 1.16 bits per heavy atom. The zero-order valence-corrected chi connectivity index (χ0v) is 14.8. The van der Waals surface area contributed by atoms with Crippen molar-refractivity contribution in [2.24, 2.45) is 10.2 Å². The van der Waals surface area contributed by atoms with Gasteiger partial charge >= 0.3 is 5.97 Å². The number of carbonyl (C=O) groups excluding carboxylic acids is 1. The van der Waals surface area contributed by atoms with Crippen molar-refractivity contribution in [1.82, 2.24) is 9.38 Å². The fourth-order valence-electron chi connectivity index (χ4n) is 2.64. The first-order valence-corrected chi connectivity index (χ1v) is 8.15. The summed E-state index contributed by atoms with van der Waals surface area (Å²) < 4.78 is 6.87. The van der Waals surface area contributed by atoms with Crippen LogP contribution in [0.2, 0.25) is 0 Å². The highest BCUT2D eigenvalue weighted by molar-refractivity contribution is 5.93. The smallest absolute Gasteiger partial charge is 0.360 e. The average molecular weight is 336 g/mol. The number of benzene rings is 1. The van der Waals surface area contributed by atoms with E-state index in [0.717, 1.165) is 22.4 Å². The quantitative estimate of drug-likeness (QED) is 0.505. The van der Waals surface area contributed by atoms with Gasteiger partial charge in [0, 0.05) is 6.20 Å². The molecule has 0 aliphatic rings. The van der Waals surface area contributed by atoms with Crippen LogP contribution in [0.1, 0.15) is 34.1 Å². The summed E-state index contributed by atoms with van der Waals surface area (Å²) in [5.41, 5.74) is 4.72. The van der Waals surface area contributed by atoms with Crippen LogP contribution in [0.15, 0.2) is 46.8 Å². The van der Waals surface area contributed by atoms with Crippen LogP contribution >= 0.6 is 0 Å². The van der Waals surface area contributed by atoms with Crippen LogP contribution in [0.3, 0.4) is 0 Å². The molecule has 3 rings (SSSR count). The highest BCUT2D eigenvalue weighted by atomic mass is 16.5. The average Bonchev–Trinajstić information content (AvgIpc) is 2.95. The van der Waals surface area contributed by atoms with Gasteiger partial charge in [0.15, 0.2) is 11.5 Å². The van der Waals surface area contributed by atoms with Gasteiger partial charge in [0.1, 0.15) is 5.65 Å². The molecule has 6 heteroatoms. The van der Waals surface area contributed by atoms with E-state index in [2.05, 4.69) is 15.2 Å². The van der Waals surface area contributed by atoms with E-state index in [1.165, 1.54) is 0 Å². The molecule has 0 aliphatic heterocycles. The number of nitrogens with zero attached hydrogens (tertiary/aromatic N) is 4. The van der Waals surface area contributed by atoms with Gasteiger partial charge in [-0.1, -0.05) is 23.8 Å². The Morgan fingerprint density at radius 2 is 1.96 bits per heavy atom. The number of hydrogen-bond acceptors (Lipinski definition) is 5. The molecule has 0 saturated carbocycles.